The van der Waals surface area contributed by atoms with E-state index < -0.39 is 0 Å². The fraction of sp³-hybridized carbons (Fsp3) is 0.200. The minimum atomic E-state index is 0.123. The van der Waals surface area contributed by atoms with Gasteiger partial charge in [0.1, 0.15) is 17.6 Å². The topological polar surface area (TPSA) is 18.5 Å². The fourth-order valence-electron chi connectivity index (χ4n) is 2.76. The van der Waals surface area contributed by atoms with Crippen LogP contribution in [0.1, 0.15) is 23.1 Å². The van der Waals surface area contributed by atoms with Crippen LogP contribution in [0.5, 0.6) is 11.5 Å². The molecule has 2 aromatic rings. The number of benzene rings is 2. The molecule has 17 heavy (non-hydrogen) atoms. The summed E-state index contributed by atoms with van der Waals surface area (Å²) < 4.78 is 11.9. The van der Waals surface area contributed by atoms with Crippen LogP contribution in [-0.4, -0.2) is 6.61 Å². The Labute approximate surface area is 99.8 Å². The summed E-state index contributed by atoms with van der Waals surface area (Å²) in [6.45, 7) is 0.707. The number of hydrogen-bond acceptors (Lipinski definition) is 2. The van der Waals surface area contributed by atoms with Crippen LogP contribution in [0.15, 0.2) is 48.5 Å². The second kappa shape index (κ2) is 3.27. The van der Waals surface area contributed by atoms with Crippen molar-refractivity contribution in [3.8, 4) is 11.5 Å². The van der Waals surface area contributed by atoms with Crippen molar-refractivity contribution in [3.05, 3.63) is 59.7 Å². The lowest BCUT2D eigenvalue weighted by atomic mass is 9.89. The van der Waals surface area contributed by atoms with Crippen molar-refractivity contribution in [2.24, 2.45) is 0 Å². The first-order valence-electron chi connectivity index (χ1n) is 5.91. The van der Waals surface area contributed by atoms with Gasteiger partial charge in [0.2, 0.25) is 0 Å². The van der Waals surface area contributed by atoms with Gasteiger partial charge in [-0.1, -0.05) is 36.4 Å². The average molecular weight is 224 g/mol. The average Bonchev–Trinajstić information content (AvgIpc) is 2.78. The standard InChI is InChI=1S/C15H12O2/c1-4-8-14-10(5-1)12-9-16-13-7-3-2-6-11(13)15(12)17-14/h1-8,12,15H,9H2/t12-,15-/m0/s1. The summed E-state index contributed by atoms with van der Waals surface area (Å²) >= 11 is 0. The van der Waals surface area contributed by atoms with E-state index in [0.717, 1.165) is 11.5 Å². The maximum atomic E-state index is 6.06. The summed E-state index contributed by atoms with van der Waals surface area (Å²) in [6.07, 6.45) is 0.123. The summed E-state index contributed by atoms with van der Waals surface area (Å²) in [6, 6.07) is 16.4. The van der Waals surface area contributed by atoms with Gasteiger partial charge < -0.3 is 9.47 Å². The Morgan fingerprint density at radius 3 is 2.41 bits per heavy atom. The second-order valence-electron chi connectivity index (χ2n) is 4.53. The molecule has 2 nitrogen and oxygen atoms in total. The zero-order valence-electron chi connectivity index (χ0n) is 9.30. The highest BCUT2D eigenvalue weighted by molar-refractivity contribution is 5.48. The molecule has 0 aromatic heterocycles. The van der Waals surface area contributed by atoms with Gasteiger partial charge >= 0.3 is 0 Å². The summed E-state index contributed by atoms with van der Waals surface area (Å²) in [5.41, 5.74) is 2.44. The third-order valence-corrected chi connectivity index (χ3v) is 3.58. The monoisotopic (exact) mass is 224 g/mol. The van der Waals surface area contributed by atoms with Gasteiger partial charge in [-0.3, -0.25) is 0 Å². The van der Waals surface area contributed by atoms with Gasteiger partial charge in [-0.15, -0.1) is 0 Å². The Kier molecular flexibility index (Phi) is 1.75. The van der Waals surface area contributed by atoms with Crippen molar-refractivity contribution in [1.29, 1.82) is 0 Å². The van der Waals surface area contributed by atoms with Crippen LogP contribution in [0.3, 0.4) is 0 Å². The molecule has 2 atom stereocenters. The fourth-order valence-corrected chi connectivity index (χ4v) is 2.76. The molecule has 0 saturated heterocycles. The van der Waals surface area contributed by atoms with Crippen molar-refractivity contribution in [2.45, 2.75) is 12.0 Å². The van der Waals surface area contributed by atoms with Gasteiger partial charge in [0, 0.05) is 11.1 Å². The van der Waals surface area contributed by atoms with Crippen LogP contribution in [0.4, 0.5) is 0 Å². The molecular weight excluding hydrogens is 212 g/mol. The molecule has 0 spiro atoms. The van der Waals surface area contributed by atoms with Crippen molar-refractivity contribution >= 4 is 0 Å². The van der Waals surface area contributed by atoms with Gasteiger partial charge in [-0.2, -0.15) is 0 Å². The minimum absolute atomic E-state index is 0.123. The van der Waals surface area contributed by atoms with Gasteiger partial charge in [0.15, 0.2) is 0 Å². The van der Waals surface area contributed by atoms with Crippen molar-refractivity contribution in [3.63, 3.8) is 0 Å². The van der Waals surface area contributed by atoms with Crippen LogP contribution in [0, 0.1) is 0 Å². The van der Waals surface area contributed by atoms with Gasteiger partial charge in [-0.05, 0) is 12.1 Å². The Balaban J connectivity index is 1.85. The summed E-state index contributed by atoms with van der Waals surface area (Å²) in [4.78, 5) is 0. The molecule has 0 amide bonds. The van der Waals surface area contributed by atoms with E-state index in [1.807, 2.05) is 30.3 Å². The molecule has 2 aliphatic rings. The molecule has 0 saturated carbocycles. The Hall–Kier alpha value is -1.96. The quantitative estimate of drug-likeness (QED) is 0.683. The molecule has 0 radical (unpaired) electrons. The van der Waals surface area contributed by atoms with Crippen LogP contribution in [0.25, 0.3) is 0 Å². The number of rotatable bonds is 0. The molecule has 2 heterocycles. The van der Waals surface area contributed by atoms with Crippen molar-refractivity contribution in [1.82, 2.24) is 0 Å². The smallest absolute Gasteiger partial charge is 0.138 e. The first-order chi connectivity index (χ1) is 8.43. The van der Waals surface area contributed by atoms with Crippen LogP contribution in [0.2, 0.25) is 0 Å². The highest BCUT2D eigenvalue weighted by atomic mass is 16.5. The number of ether oxygens (including phenoxy) is 2. The van der Waals surface area contributed by atoms with Crippen LogP contribution in [-0.2, 0) is 0 Å². The summed E-state index contributed by atoms with van der Waals surface area (Å²) in [5.74, 6) is 2.30. The molecule has 2 aromatic carbocycles. The minimum Gasteiger partial charge on any atom is -0.492 e. The largest absolute Gasteiger partial charge is 0.492 e. The predicted octanol–water partition coefficient (Wildman–Crippen LogP) is 3.30. The van der Waals surface area contributed by atoms with E-state index in [1.54, 1.807) is 0 Å². The zero-order chi connectivity index (χ0) is 11.2. The molecule has 0 aliphatic carbocycles. The molecule has 0 unspecified atom stereocenters. The maximum absolute atomic E-state index is 6.06. The summed E-state index contributed by atoms with van der Waals surface area (Å²) in [7, 11) is 0. The van der Waals surface area contributed by atoms with Gasteiger partial charge in [-0.25, -0.2) is 0 Å². The van der Waals surface area contributed by atoms with E-state index in [9.17, 15) is 0 Å². The lowest BCUT2D eigenvalue weighted by Gasteiger charge is -2.27. The predicted molar refractivity (Wildman–Crippen MR) is 64.5 cm³/mol. The second-order valence-corrected chi connectivity index (χ2v) is 4.53. The van der Waals surface area contributed by atoms with E-state index >= 15 is 0 Å². The van der Waals surface area contributed by atoms with E-state index in [4.69, 9.17) is 9.47 Å². The lowest BCUT2D eigenvalue weighted by Crippen LogP contribution is -2.22. The number of fused-ring (bicyclic) bond motifs is 5. The maximum Gasteiger partial charge on any atom is 0.138 e. The van der Waals surface area contributed by atoms with Gasteiger partial charge in [0.05, 0.1) is 12.5 Å². The van der Waals surface area contributed by atoms with Gasteiger partial charge in [0.25, 0.3) is 0 Å². The van der Waals surface area contributed by atoms with Crippen molar-refractivity contribution < 1.29 is 9.47 Å². The molecule has 84 valence electrons. The Morgan fingerprint density at radius 2 is 1.53 bits per heavy atom. The molecular formula is C15H12O2. The molecule has 0 N–H and O–H groups in total. The molecule has 2 aliphatic heterocycles. The Morgan fingerprint density at radius 1 is 0.824 bits per heavy atom. The van der Waals surface area contributed by atoms with Crippen LogP contribution >= 0.6 is 0 Å². The van der Waals surface area contributed by atoms with E-state index in [0.29, 0.717) is 12.5 Å². The zero-order valence-corrected chi connectivity index (χ0v) is 9.30. The number of para-hydroxylation sites is 2. The van der Waals surface area contributed by atoms with E-state index in [-0.39, 0.29) is 6.10 Å². The molecule has 0 bridgehead atoms. The third-order valence-electron chi connectivity index (χ3n) is 3.58. The lowest BCUT2D eigenvalue weighted by molar-refractivity contribution is 0.139. The first kappa shape index (κ1) is 9.11. The Bertz CT molecular complexity index is 577. The SMILES string of the molecule is c1ccc2c(c1)O[C@H]1c3ccccc3OC[C@@H]21. The third kappa shape index (κ3) is 1.21. The van der Waals surface area contributed by atoms with E-state index in [1.165, 1.54) is 11.1 Å². The molecule has 2 heteroatoms. The van der Waals surface area contributed by atoms with Crippen molar-refractivity contribution in [2.75, 3.05) is 6.61 Å². The first-order valence-corrected chi connectivity index (χ1v) is 5.91. The number of hydrogen-bond donors (Lipinski definition) is 0. The highest BCUT2D eigenvalue weighted by Crippen LogP contribution is 2.50. The van der Waals surface area contributed by atoms with Crippen LogP contribution < -0.4 is 9.47 Å². The normalized spacial score (nSPS) is 24.0. The highest BCUT2D eigenvalue weighted by Gasteiger charge is 2.40. The molecule has 4 rings (SSSR count). The van der Waals surface area contributed by atoms with E-state index in [2.05, 4.69) is 18.2 Å². The summed E-state index contributed by atoms with van der Waals surface area (Å²) in [5, 5.41) is 0. The molecule has 0 fully saturated rings.